The van der Waals surface area contributed by atoms with Gasteiger partial charge in [-0.1, -0.05) is 54.2 Å². The fourth-order valence-electron chi connectivity index (χ4n) is 3.72. The maximum absolute atomic E-state index is 13.4. The zero-order valence-corrected chi connectivity index (χ0v) is 19.7. The first-order chi connectivity index (χ1) is 16.5. The molecule has 7 heteroatoms. The number of hydrogen-bond donors (Lipinski definition) is 1. The average molecular weight is 476 g/mol. The summed E-state index contributed by atoms with van der Waals surface area (Å²) < 4.78 is 13.4. The van der Waals surface area contributed by atoms with E-state index in [1.807, 2.05) is 49.4 Å². The number of nitrogens with zero attached hydrogens (tertiary/aromatic N) is 2. The number of anilines is 1. The molecule has 1 aliphatic heterocycles. The number of amidine groups is 1. The quantitative estimate of drug-likeness (QED) is 0.475. The van der Waals surface area contributed by atoms with Gasteiger partial charge in [0.15, 0.2) is 5.17 Å². The second-order valence-corrected chi connectivity index (χ2v) is 9.34. The minimum Gasteiger partial charge on any atom is -0.325 e. The average Bonchev–Trinajstić information content (AvgIpc) is 2.82. The number of aryl methyl sites for hydroxylation is 2. The van der Waals surface area contributed by atoms with Gasteiger partial charge in [-0.15, -0.1) is 0 Å². The molecule has 1 aliphatic rings. The van der Waals surface area contributed by atoms with Crippen molar-refractivity contribution < 1.29 is 14.0 Å². The summed E-state index contributed by atoms with van der Waals surface area (Å²) in [5.74, 6) is -0.733. The molecule has 0 saturated carbocycles. The minimum atomic E-state index is -0.599. The molecule has 1 unspecified atom stereocenters. The SMILES string of the molecule is Cc1cccc(NC(=O)C2CC(=O)N(CCCc3ccccc3)C(=Nc3ccc(F)cc3)S2)c1. The van der Waals surface area contributed by atoms with E-state index in [2.05, 4.69) is 22.4 Å². The summed E-state index contributed by atoms with van der Waals surface area (Å²) in [6, 6.07) is 23.4. The Morgan fingerprint density at radius 1 is 1.09 bits per heavy atom. The van der Waals surface area contributed by atoms with E-state index in [9.17, 15) is 14.0 Å². The molecule has 1 heterocycles. The van der Waals surface area contributed by atoms with Crippen LogP contribution >= 0.6 is 11.8 Å². The van der Waals surface area contributed by atoms with Gasteiger partial charge < -0.3 is 5.32 Å². The van der Waals surface area contributed by atoms with Crippen molar-refractivity contribution >= 4 is 40.1 Å². The van der Waals surface area contributed by atoms with Gasteiger partial charge in [0.05, 0.1) is 5.69 Å². The number of thioether (sulfide) groups is 1. The third kappa shape index (κ3) is 6.32. The van der Waals surface area contributed by atoms with Crippen LogP contribution in [0.15, 0.2) is 83.9 Å². The fourth-order valence-corrected chi connectivity index (χ4v) is 4.84. The lowest BCUT2D eigenvalue weighted by molar-refractivity contribution is -0.129. The third-order valence-corrected chi connectivity index (χ3v) is 6.65. The van der Waals surface area contributed by atoms with Crippen molar-refractivity contribution in [1.82, 2.24) is 4.90 Å². The van der Waals surface area contributed by atoms with Crippen LogP contribution in [0.25, 0.3) is 0 Å². The molecule has 34 heavy (non-hydrogen) atoms. The number of hydrogen-bond acceptors (Lipinski definition) is 4. The summed E-state index contributed by atoms with van der Waals surface area (Å²) in [7, 11) is 0. The Labute approximate surface area is 203 Å². The molecule has 1 N–H and O–H groups in total. The number of carbonyl (C=O) groups excluding carboxylic acids is 2. The van der Waals surface area contributed by atoms with Gasteiger partial charge in [-0.2, -0.15) is 0 Å². The molecule has 1 fully saturated rings. The highest BCUT2D eigenvalue weighted by atomic mass is 32.2. The minimum absolute atomic E-state index is 0.0933. The molecule has 0 spiro atoms. The number of amides is 2. The summed E-state index contributed by atoms with van der Waals surface area (Å²) in [5, 5.41) is 2.77. The highest BCUT2D eigenvalue weighted by molar-refractivity contribution is 8.15. The number of benzene rings is 3. The van der Waals surface area contributed by atoms with Crippen LogP contribution in [0, 0.1) is 12.7 Å². The van der Waals surface area contributed by atoms with Gasteiger partial charge in [-0.05, 0) is 67.3 Å². The second-order valence-electron chi connectivity index (χ2n) is 8.17. The van der Waals surface area contributed by atoms with E-state index in [0.29, 0.717) is 23.1 Å². The predicted octanol–water partition coefficient (Wildman–Crippen LogP) is 5.73. The van der Waals surface area contributed by atoms with Crippen molar-refractivity contribution in [3.8, 4) is 0 Å². The second kappa shape index (κ2) is 11.1. The molecule has 0 aliphatic carbocycles. The molecular formula is C27H26FN3O2S. The van der Waals surface area contributed by atoms with Crippen molar-refractivity contribution in [3.63, 3.8) is 0 Å². The summed E-state index contributed by atoms with van der Waals surface area (Å²) in [5.41, 5.74) is 3.46. The highest BCUT2D eigenvalue weighted by Gasteiger charge is 2.35. The van der Waals surface area contributed by atoms with Crippen molar-refractivity contribution in [1.29, 1.82) is 0 Å². The number of aliphatic imine (C=N–C) groups is 1. The van der Waals surface area contributed by atoms with Gasteiger partial charge in [0.2, 0.25) is 11.8 Å². The van der Waals surface area contributed by atoms with E-state index in [0.717, 1.165) is 18.4 Å². The van der Waals surface area contributed by atoms with Gasteiger partial charge in [0, 0.05) is 18.7 Å². The van der Waals surface area contributed by atoms with E-state index < -0.39 is 5.25 Å². The first-order valence-electron chi connectivity index (χ1n) is 11.2. The Balaban J connectivity index is 1.51. The van der Waals surface area contributed by atoms with Crippen molar-refractivity contribution in [2.45, 2.75) is 31.4 Å². The lowest BCUT2D eigenvalue weighted by Crippen LogP contribution is -2.45. The molecule has 0 bridgehead atoms. The smallest absolute Gasteiger partial charge is 0.238 e. The van der Waals surface area contributed by atoms with E-state index in [1.165, 1.54) is 29.5 Å². The molecule has 5 nitrogen and oxygen atoms in total. The summed E-state index contributed by atoms with van der Waals surface area (Å²) in [4.78, 5) is 32.3. The standard InChI is InChI=1S/C27H26FN3O2S/c1-19-7-5-11-23(17-19)29-26(33)24-18-25(32)31(16-6-10-20-8-3-2-4-9-20)27(34-24)30-22-14-12-21(28)13-15-22/h2-5,7-9,11-15,17,24H,6,10,16,18H2,1H3,(H,29,33). The maximum Gasteiger partial charge on any atom is 0.238 e. The van der Waals surface area contributed by atoms with Gasteiger partial charge in [0.25, 0.3) is 0 Å². The molecular weight excluding hydrogens is 449 g/mol. The Kier molecular flexibility index (Phi) is 7.75. The lowest BCUT2D eigenvalue weighted by Gasteiger charge is -2.32. The zero-order valence-electron chi connectivity index (χ0n) is 18.9. The Morgan fingerprint density at radius 3 is 2.59 bits per heavy atom. The molecule has 0 radical (unpaired) electrons. The lowest BCUT2D eigenvalue weighted by atomic mass is 10.1. The Bertz CT molecular complexity index is 1180. The van der Waals surface area contributed by atoms with E-state index >= 15 is 0 Å². The molecule has 4 rings (SSSR count). The molecule has 3 aromatic carbocycles. The van der Waals surface area contributed by atoms with Crippen LogP contribution in [0.4, 0.5) is 15.8 Å². The largest absolute Gasteiger partial charge is 0.325 e. The summed E-state index contributed by atoms with van der Waals surface area (Å²) in [6.45, 7) is 2.45. The number of halogens is 1. The van der Waals surface area contributed by atoms with Crippen LogP contribution in [0.1, 0.15) is 24.0 Å². The molecule has 1 saturated heterocycles. The molecule has 0 aromatic heterocycles. The Morgan fingerprint density at radius 2 is 1.85 bits per heavy atom. The van der Waals surface area contributed by atoms with Gasteiger partial charge >= 0.3 is 0 Å². The molecule has 3 aromatic rings. The number of carbonyl (C=O) groups is 2. The van der Waals surface area contributed by atoms with Crippen LogP contribution in [-0.2, 0) is 16.0 Å². The summed E-state index contributed by atoms with van der Waals surface area (Å²) >= 11 is 1.27. The zero-order chi connectivity index (χ0) is 23.9. The van der Waals surface area contributed by atoms with E-state index in [4.69, 9.17) is 0 Å². The van der Waals surface area contributed by atoms with Gasteiger partial charge in [0.1, 0.15) is 11.1 Å². The molecule has 2 amide bonds. The number of rotatable bonds is 7. The van der Waals surface area contributed by atoms with Crippen LogP contribution in [0.3, 0.4) is 0 Å². The highest BCUT2D eigenvalue weighted by Crippen LogP contribution is 2.30. The topological polar surface area (TPSA) is 61.8 Å². The van der Waals surface area contributed by atoms with Crippen LogP contribution in [-0.4, -0.2) is 33.7 Å². The maximum atomic E-state index is 13.4. The van der Waals surface area contributed by atoms with Crippen molar-refractivity contribution in [3.05, 3.63) is 95.8 Å². The van der Waals surface area contributed by atoms with Crippen molar-refractivity contribution in [2.75, 3.05) is 11.9 Å². The van der Waals surface area contributed by atoms with Gasteiger partial charge in [-0.3, -0.25) is 14.5 Å². The number of nitrogens with one attached hydrogen (secondary N) is 1. The summed E-state index contributed by atoms with van der Waals surface area (Å²) in [6.07, 6.45) is 1.69. The molecule has 174 valence electrons. The van der Waals surface area contributed by atoms with E-state index in [1.54, 1.807) is 17.0 Å². The molecule has 1 atom stereocenters. The monoisotopic (exact) mass is 475 g/mol. The fraction of sp³-hybridized carbons (Fsp3) is 0.222. The first-order valence-corrected chi connectivity index (χ1v) is 12.1. The predicted molar refractivity (Wildman–Crippen MR) is 136 cm³/mol. The van der Waals surface area contributed by atoms with Crippen LogP contribution in [0.2, 0.25) is 0 Å². The first kappa shape index (κ1) is 23.7. The van der Waals surface area contributed by atoms with E-state index in [-0.39, 0.29) is 24.1 Å². The normalized spacial score (nSPS) is 17.1. The van der Waals surface area contributed by atoms with Crippen LogP contribution in [0.5, 0.6) is 0 Å². The van der Waals surface area contributed by atoms with Crippen LogP contribution < -0.4 is 5.32 Å². The van der Waals surface area contributed by atoms with Gasteiger partial charge in [-0.25, -0.2) is 9.38 Å². The van der Waals surface area contributed by atoms with Crippen molar-refractivity contribution in [2.24, 2.45) is 4.99 Å². The Hall–Kier alpha value is -3.45. The third-order valence-electron chi connectivity index (χ3n) is 5.46.